The molecule has 1 aliphatic carbocycles. The van der Waals surface area contributed by atoms with Crippen molar-refractivity contribution in [3.05, 3.63) is 0 Å². The highest BCUT2D eigenvalue weighted by atomic mass is 32.2. The summed E-state index contributed by atoms with van der Waals surface area (Å²) in [5.41, 5.74) is 0. The maximum absolute atomic E-state index is 12.3. The van der Waals surface area contributed by atoms with Crippen molar-refractivity contribution in [3.63, 3.8) is 0 Å². The summed E-state index contributed by atoms with van der Waals surface area (Å²) in [5, 5.41) is 8.50. The molecule has 1 fully saturated rings. The van der Waals surface area contributed by atoms with Crippen LogP contribution in [0.1, 0.15) is 39.0 Å². The predicted molar refractivity (Wildman–Crippen MR) is 66.4 cm³/mol. The van der Waals surface area contributed by atoms with Crippen LogP contribution in [-0.4, -0.2) is 43.2 Å². The van der Waals surface area contributed by atoms with Gasteiger partial charge < -0.3 is 0 Å². The van der Waals surface area contributed by atoms with Gasteiger partial charge in [0.2, 0.25) is 0 Å². The van der Waals surface area contributed by atoms with Crippen LogP contribution in [-0.2, 0) is 10.2 Å². The van der Waals surface area contributed by atoms with E-state index in [4.69, 9.17) is 5.26 Å². The van der Waals surface area contributed by atoms with E-state index in [2.05, 4.69) is 0 Å². The van der Waals surface area contributed by atoms with Crippen molar-refractivity contribution < 1.29 is 8.42 Å². The Balaban J connectivity index is 2.75. The summed E-state index contributed by atoms with van der Waals surface area (Å²) < 4.78 is 27.5. The van der Waals surface area contributed by atoms with E-state index in [-0.39, 0.29) is 19.0 Å². The average molecular weight is 259 g/mol. The minimum absolute atomic E-state index is 0.148. The van der Waals surface area contributed by atoms with Crippen molar-refractivity contribution in [3.8, 4) is 6.07 Å². The van der Waals surface area contributed by atoms with Crippen molar-refractivity contribution in [2.24, 2.45) is 0 Å². The molecule has 0 spiro atoms. The normalized spacial score (nSPS) is 17.8. The molecule has 0 aromatic carbocycles. The van der Waals surface area contributed by atoms with Crippen molar-refractivity contribution in [2.75, 3.05) is 20.1 Å². The Bertz CT molecular complexity index is 369. The average Bonchev–Trinajstić information content (AvgIpc) is 2.79. The second-order valence-corrected chi connectivity index (χ2v) is 6.37. The Hall–Kier alpha value is -0.640. The third-order valence-corrected chi connectivity index (χ3v) is 5.39. The first-order chi connectivity index (χ1) is 8.04. The van der Waals surface area contributed by atoms with Crippen LogP contribution in [0.25, 0.3) is 0 Å². The third kappa shape index (κ3) is 3.41. The molecule has 1 aliphatic rings. The minimum Gasteiger partial charge on any atom is -0.198 e. The molecule has 0 bridgehead atoms. The van der Waals surface area contributed by atoms with Crippen LogP contribution in [0.3, 0.4) is 0 Å². The molecule has 1 saturated carbocycles. The maximum atomic E-state index is 12.3. The number of rotatable bonds is 6. The molecule has 17 heavy (non-hydrogen) atoms. The Morgan fingerprint density at radius 1 is 1.35 bits per heavy atom. The predicted octanol–water partition coefficient (Wildman–Crippen LogP) is 1.34. The molecule has 0 N–H and O–H groups in total. The largest absolute Gasteiger partial charge is 0.281 e. The van der Waals surface area contributed by atoms with Crippen LogP contribution in [0, 0.1) is 11.3 Å². The lowest BCUT2D eigenvalue weighted by Crippen LogP contribution is -2.46. The second-order valence-electron chi connectivity index (χ2n) is 4.38. The van der Waals surface area contributed by atoms with E-state index >= 15 is 0 Å². The van der Waals surface area contributed by atoms with E-state index in [0.717, 1.165) is 25.7 Å². The maximum Gasteiger partial charge on any atom is 0.281 e. The van der Waals surface area contributed by atoms with E-state index < -0.39 is 10.2 Å². The molecule has 1 rings (SSSR count). The van der Waals surface area contributed by atoms with Gasteiger partial charge in [0.05, 0.1) is 6.07 Å². The fraction of sp³-hybridized carbons (Fsp3) is 0.909. The fourth-order valence-corrected chi connectivity index (χ4v) is 3.90. The monoisotopic (exact) mass is 259 g/mol. The van der Waals surface area contributed by atoms with Gasteiger partial charge in [-0.1, -0.05) is 19.8 Å². The summed E-state index contributed by atoms with van der Waals surface area (Å²) in [4.78, 5) is 0. The van der Waals surface area contributed by atoms with Crippen LogP contribution in [0.4, 0.5) is 0 Å². The zero-order valence-electron chi connectivity index (χ0n) is 10.6. The van der Waals surface area contributed by atoms with Crippen LogP contribution in [0.2, 0.25) is 0 Å². The Morgan fingerprint density at radius 2 is 1.94 bits per heavy atom. The summed E-state index contributed by atoms with van der Waals surface area (Å²) in [5.74, 6) is 0. The molecular formula is C11H21N3O2S. The molecule has 0 radical (unpaired) electrons. The summed E-state index contributed by atoms with van der Waals surface area (Å²) >= 11 is 0. The summed E-state index contributed by atoms with van der Waals surface area (Å²) in [6, 6.07) is 2.12. The van der Waals surface area contributed by atoms with Gasteiger partial charge in [0.15, 0.2) is 0 Å². The smallest absolute Gasteiger partial charge is 0.198 e. The summed E-state index contributed by atoms with van der Waals surface area (Å²) in [6.45, 7) is 2.64. The summed E-state index contributed by atoms with van der Waals surface area (Å²) in [6.07, 6.45) is 4.37. The highest BCUT2D eigenvalue weighted by Gasteiger charge is 2.33. The number of hydrogen-bond donors (Lipinski definition) is 0. The standard InChI is InChI=1S/C11H21N3O2S/c1-3-14(11-7-4-5-8-11)17(15,16)13(2)10-6-9-12/h11H,3-8,10H2,1-2H3. The van der Waals surface area contributed by atoms with E-state index in [1.54, 1.807) is 11.4 Å². The quantitative estimate of drug-likeness (QED) is 0.723. The minimum atomic E-state index is -3.39. The molecule has 98 valence electrons. The zero-order chi connectivity index (χ0) is 12.9. The molecule has 0 unspecified atom stereocenters. The zero-order valence-corrected chi connectivity index (χ0v) is 11.4. The lowest BCUT2D eigenvalue weighted by molar-refractivity contribution is 0.305. The van der Waals surface area contributed by atoms with Gasteiger partial charge in [-0.25, -0.2) is 0 Å². The number of nitrogens with zero attached hydrogens (tertiary/aromatic N) is 3. The first-order valence-electron chi connectivity index (χ1n) is 6.14. The van der Waals surface area contributed by atoms with Crippen molar-refractivity contribution in [2.45, 2.75) is 45.1 Å². The molecule has 0 amide bonds. The van der Waals surface area contributed by atoms with E-state index in [1.165, 1.54) is 4.31 Å². The van der Waals surface area contributed by atoms with Gasteiger partial charge in [-0.3, -0.25) is 0 Å². The number of hydrogen-bond acceptors (Lipinski definition) is 3. The molecule has 6 heteroatoms. The van der Waals surface area contributed by atoms with Gasteiger partial charge in [0, 0.05) is 32.6 Å². The molecule has 0 atom stereocenters. The SMILES string of the molecule is CCN(C1CCCC1)S(=O)(=O)N(C)CCC#N. The van der Waals surface area contributed by atoms with Crippen molar-refractivity contribution in [1.29, 1.82) is 5.26 Å². The Kier molecular flexibility index (Phi) is 5.37. The van der Waals surface area contributed by atoms with E-state index in [1.807, 2.05) is 13.0 Å². The third-order valence-electron chi connectivity index (χ3n) is 3.27. The van der Waals surface area contributed by atoms with Gasteiger partial charge in [-0.2, -0.15) is 22.3 Å². The van der Waals surface area contributed by atoms with Crippen LogP contribution < -0.4 is 0 Å². The second kappa shape index (κ2) is 6.34. The van der Waals surface area contributed by atoms with Gasteiger partial charge in [0.1, 0.15) is 0 Å². The first kappa shape index (κ1) is 14.4. The van der Waals surface area contributed by atoms with Crippen LogP contribution >= 0.6 is 0 Å². The van der Waals surface area contributed by atoms with Crippen LogP contribution in [0.5, 0.6) is 0 Å². The first-order valence-corrected chi connectivity index (χ1v) is 7.53. The molecule has 0 aromatic heterocycles. The van der Waals surface area contributed by atoms with E-state index in [9.17, 15) is 8.42 Å². The van der Waals surface area contributed by atoms with Gasteiger partial charge in [-0.05, 0) is 12.8 Å². The lowest BCUT2D eigenvalue weighted by atomic mass is 10.2. The van der Waals surface area contributed by atoms with Gasteiger partial charge >= 0.3 is 0 Å². The molecule has 0 aromatic rings. The van der Waals surface area contributed by atoms with Gasteiger partial charge in [-0.15, -0.1) is 0 Å². The molecule has 0 saturated heterocycles. The van der Waals surface area contributed by atoms with Crippen LogP contribution in [0.15, 0.2) is 0 Å². The molecular weight excluding hydrogens is 238 g/mol. The molecule has 0 heterocycles. The number of nitriles is 1. The molecule has 5 nitrogen and oxygen atoms in total. The highest BCUT2D eigenvalue weighted by Crippen LogP contribution is 2.26. The van der Waals surface area contributed by atoms with E-state index in [0.29, 0.717) is 6.54 Å². The fourth-order valence-electron chi connectivity index (χ4n) is 2.30. The Labute approximate surface area is 104 Å². The summed E-state index contributed by atoms with van der Waals surface area (Å²) in [7, 11) is -1.85. The Morgan fingerprint density at radius 3 is 2.41 bits per heavy atom. The van der Waals surface area contributed by atoms with Crippen molar-refractivity contribution in [1.82, 2.24) is 8.61 Å². The van der Waals surface area contributed by atoms with Gasteiger partial charge in [0.25, 0.3) is 10.2 Å². The molecule has 0 aliphatic heterocycles. The highest BCUT2D eigenvalue weighted by molar-refractivity contribution is 7.86. The topological polar surface area (TPSA) is 64.4 Å². The van der Waals surface area contributed by atoms with Crippen molar-refractivity contribution >= 4 is 10.2 Å². The lowest BCUT2D eigenvalue weighted by Gasteiger charge is -2.30.